The molecule has 0 aliphatic heterocycles. The van der Waals surface area contributed by atoms with E-state index in [4.69, 9.17) is 15.7 Å². The van der Waals surface area contributed by atoms with Crippen LogP contribution in [0.3, 0.4) is 0 Å². The molecule has 0 aromatic rings. The number of nitrogens with two attached hydrogens (primary N) is 1. The van der Waals surface area contributed by atoms with Crippen molar-refractivity contribution in [2.75, 3.05) is 6.61 Å². The predicted molar refractivity (Wildman–Crippen MR) is 55.4 cm³/mol. The topological polar surface area (TPSA) is 67.8 Å². The quantitative estimate of drug-likeness (QED) is 0.297. The zero-order chi connectivity index (χ0) is 10.4. The highest BCUT2D eigenvalue weighted by Crippen LogP contribution is 2.29. The molecular weight excluding hydrogens is 180 g/mol. The maximum absolute atomic E-state index is 8.49. The third-order valence-corrected chi connectivity index (χ3v) is 2.89. The number of amidine groups is 1. The van der Waals surface area contributed by atoms with Crippen LogP contribution < -0.4 is 5.73 Å². The molecule has 14 heavy (non-hydrogen) atoms. The van der Waals surface area contributed by atoms with Crippen LogP contribution in [0.15, 0.2) is 5.16 Å². The second kappa shape index (κ2) is 5.86. The summed E-state index contributed by atoms with van der Waals surface area (Å²) in [6.45, 7) is 2.69. The molecule has 1 saturated carbocycles. The van der Waals surface area contributed by atoms with Crippen LogP contribution in [0.2, 0.25) is 0 Å². The Labute approximate surface area is 85.1 Å². The van der Waals surface area contributed by atoms with Crippen LogP contribution in [0.25, 0.3) is 0 Å². The molecule has 0 amide bonds. The minimum Gasteiger partial charge on any atom is -0.409 e. The van der Waals surface area contributed by atoms with E-state index in [0.717, 1.165) is 25.4 Å². The first-order chi connectivity index (χ1) is 6.77. The molecule has 0 saturated heterocycles. The molecule has 0 bridgehead atoms. The monoisotopic (exact) mass is 200 g/mol. The molecule has 4 heteroatoms. The fourth-order valence-corrected chi connectivity index (χ4v) is 1.64. The molecule has 82 valence electrons. The summed E-state index contributed by atoms with van der Waals surface area (Å²) in [5.74, 6) is 1.03. The van der Waals surface area contributed by atoms with Gasteiger partial charge in [0.1, 0.15) is 6.10 Å². The predicted octanol–water partition coefficient (Wildman–Crippen LogP) is 1.72. The van der Waals surface area contributed by atoms with E-state index in [0.29, 0.717) is 0 Å². The van der Waals surface area contributed by atoms with Crippen molar-refractivity contribution in [3.05, 3.63) is 0 Å². The first-order valence-corrected chi connectivity index (χ1v) is 5.37. The van der Waals surface area contributed by atoms with Gasteiger partial charge in [0, 0.05) is 6.61 Å². The Bertz CT molecular complexity index is 191. The maximum Gasteiger partial charge on any atom is 0.168 e. The van der Waals surface area contributed by atoms with Crippen molar-refractivity contribution < 1.29 is 9.94 Å². The first kappa shape index (κ1) is 11.3. The Morgan fingerprint density at radius 3 is 2.79 bits per heavy atom. The van der Waals surface area contributed by atoms with E-state index in [1.807, 2.05) is 6.92 Å². The molecule has 4 nitrogen and oxygen atoms in total. The average molecular weight is 200 g/mol. The molecule has 1 aliphatic carbocycles. The summed E-state index contributed by atoms with van der Waals surface area (Å²) in [5.41, 5.74) is 5.47. The highest BCUT2D eigenvalue weighted by Gasteiger charge is 2.18. The summed E-state index contributed by atoms with van der Waals surface area (Å²) >= 11 is 0. The second-order valence-electron chi connectivity index (χ2n) is 3.88. The molecule has 1 rings (SSSR count). The van der Waals surface area contributed by atoms with Gasteiger partial charge in [-0.2, -0.15) is 0 Å². The summed E-state index contributed by atoms with van der Waals surface area (Å²) in [6.07, 6.45) is 5.67. The van der Waals surface area contributed by atoms with E-state index in [1.54, 1.807) is 0 Å². The van der Waals surface area contributed by atoms with Gasteiger partial charge in [0.05, 0.1) is 0 Å². The van der Waals surface area contributed by atoms with Crippen LogP contribution in [0.5, 0.6) is 0 Å². The number of rotatable bonds is 6. The van der Waals surface area contributed by atoms with Crippen LogP contribution in [0, 0.1) is 5.92 Å². The van der Waals surface area contributed by atoms with Gasteiger partial charge in [-0.3, -0.25) is 0 Å². The lowest BCUT2D eigenvalue weighted by atomic mass is 9.83. The zero-order valence-corrected chi connectivity index (χ0v) is 8.78. The molecule has 0 aromatic carbocycles. The van der Waals surface area contributed by atoms with Crippen LogP contribution in [-0.4, -0.2) is 23.8 Å². The zero-order valence-electron chi connectivity index (χ0n) is 8.78. The Kier molecular flexibility index (Phi) is 4.73. The van der Waals surface area contributed by atoms with Gasteiger partial charge in [-0.15, -0.1) is 0 Å². The van der Waals surface area contributed by atoms with E-state index >= 15 is 0 Å². The third-order valence-electron chi connectivity index (χ3n) is 2.89. The second-order valence-corrected chi connectivity index (χ2v) is 3.88. The fourth-order valence-electron chi connectivity index (χ4n) is 1.64. The van der Waals surface area contributed by atoms with Crippen molar-refractivity contribution in [1.29, 1.82) is 0 Å². The van der Waals surface area contributed by atoms with Crippen LogP contribution in [-0.2, 0) is 4.74 Å². The first-order valence-electron chi connectivity index (χ1n) is 5.37. The maximum atomic E-state index is 8.49. The molecule has 3 N–H and O–H groups in total. The van der Waals surface area contributed by atoms with Gasteiger partial charge < -0.3 is 15.7 Å². The number of nitrogens with zero attached hydrogens (tertiary/aromatic N) is 1. The van der Waals surface area contributed by atoms with Gasteiger partial charge in [-0.25, -0.2) is 0 Å². The number of ether oxygens (including phenoxy) is 1. The Hall–Kier alpha value is -0.770. The normalized spacial score (nSPS) is 20.5. The van der Waals surface area contributed by atoms with E-state index in [-0.39, 0.29) is 11.9 Å². The van der Waals surface area contributed by atoms with Crippen LogP contribution in [0.4, 0.5) is 0 Å². The SMILES string of the molecule is CCC(OCCC1CCC1)C(N)=NO. The minimum absolute atomic E-state index is 0.182. The molecule has 0 heterocycles. The fraction of sp³-hybridized carbons (Fsp3) is 0.900. The van der Waals surface area contributed by atoms with Gasteiger partial charge in [-0.1, -0.05) is 31.3 Å². The largest absolute Gasteiger partial charge is 0.409 e. The van der Waals surface area contributed by atoms with Crippen molar-refractivity contribution in [1.82, 2.24) is 0 Å². The lowest BCUT2D eigenvalue weighted by Gasteiger charge is -2.25. The Balaban J connectivity index is 2.13. The minimum atomic E-state index is -0.222. The van der Waals surface area contributed by atoms with Gasteiger partial charge in [0.15, 0.2) is 5.84 Å². The lowest BCUT2D eigenvalue weighted by molar-refractivity contribution is 0.0717. The highest BCUT2D eigenvalue weighted by molar-refractivity contribution is 5.84. The van der Waals surface area contributed by atoms with Crippen LogP contribution >= 0.6 is 0 Å². The summed E-state index contributed by atoms with van der Waals surface area (Å²) in [5, 5.41) is 11.4. The molecule has 1 unspecified atom stereocenters. The van der Waals surface area contributed by atoms with Crippen molar-refractivity contribution in [2.24, 2.45) is 16.8 Å². The van der Waals surface area contributed by atoms with E-state index in [2.05, 4.69) is 5.16 Å². The van der Waals surface area contributed by atoms with Gasteiger partial charge in [0.2, 0.25) is 0 Å². The number of hydrogen-bond donors (Lipinski definition) is 2. The Morgan fingerprint density at radius 1 is 1.64 bits per heavy atom. The number of oxime groups is 1. The molecule has 0 spiro atoms. The van der Waals surface area contributed by atoms with Gasteiger partial charge in [0.25, 0.3) is 0 Å². The smallest absolute Gasteiger partial charge is 0.168 e. The molecule has 0 radical (unpaired) electrons. The lowest BCUT2D eigenvalue weighted by Crippen LogP contribution is -2.31. The standard InChI is InChI=1S/C10H20N2O2/c1-2-9(10(11)12-13)14-7-6-8-4-3-5-8/h8-9,13H,2-7H2,1H3,(H2,11,12). The van der Waals surface area contributed by atoms with Crippen molar-refractivity contribution >= 4 is 5.84 Å². The Morgan fingerprint density at radius 2 is 2.36 bits per heavy atom. The van der Waals surface area contributed by atoms with Gasteiger partial charge in [-0.05, 0) is 18.8 Å². The molecule has 1 atom stereocenters. The molecule has 1 fully saturated rings. The average Bonchev–Trinajstić information content (AvgIpc) is 2.14. The molecule has 0 aromatic heterocycles. The summed E-state index contributed by atoms with van der Waals surface area (Å²) in [7, 11) is 0. The number of hydrogen-bond acceptors (Lipinski definition) is 3. The summed E-state index contributed by atoms with van der Waals surface area (Å²) < 4.78 is 5.53. The van der Waals surface area contributed by atoms with Crippen molar-refractivity contribution in [2.45, 2.75) is 45.1 Å². The van der Waals surface area contributed by atoms with Crippen molar-refractivity contribution in [3.63, 3.8) is 0 Å². The van der Waals surface area contributed by atoms with E-state index in [1.165, 1.54) is 19.3 Å². The molecular formula is C10H20N2O2. The highest BCUT2D eigenvalue weighted by atomic mass is 16.5. The summed E-state index contributed by atoms with van der Waals surface area (Å²) in [6, 6.07) is 0. The van der Waals surface area contributed by atoms with Crippen molar-refractivity contribution in [3.8, 4) is 0 Å². The summed E-state index contributed by atoms with van der Waals surface area (Å²) in [4.78, 5) is 0. The van der Waals surface area contributed by atoms with Gasteiger partial charge >= 0.3 is 0 Å². The van der Waals surface area contributed by atoms with Crippen LogP contribution in [0.1, 0.15) is 39.0 Å². The van der Waals surface area contributed by atoms with E-state index < -0.39 is 0 Å². The molecule has 1 aliphatic rings. The third kappa shape index (κ3) is 3.18. The van der Waals surface area contributed by atoms with E-state index in [9.17, 15) is 0 Å².